The highest BCUT2D eigenvalue weighted by Crippen LogP contribution is 2.02. The third-order valence-corrected chi connectivity index (χ3v) is 1.71. The standard InChI is InChI=1S/C9H17N3/c1-4-5-9-10-7-11-12(9)6-8(2)3/h7-8H,4-6H2,1-3H3. The number of rotatable bonds is 4. The number of hydrogen-bond donors (Lipinski definition) is 0. The van der Waals surface area contributed by atoms with Crippen molar-refractivity contribution in [1.82, 2.24) is 14.8 Å². The highest BCUT2D eigenvalue weighted by atomic mass is 15.3. The second-order valence-electron chi connectivity index (χ2n) is 3.50. The Morgan fingerprint density at radius 3 is 2.83 bits per heavy atom. The van der Waals surface area contributed by atoms with Crippen LogP contribution in [-0.2, 0) is 13.0 Å². The molecule has 3 nitrogen and oxygen atoms in total. The van der Waals surface area contributed by atoms with Crippen molar-refractivity contribution < 1.29 is 0 Å². The Labute approximate surface area is 73.8 Å². The molecule has 3 heteroatoms. The van der Waals surface area contributed by atoms with Gasteiger partial charge >= 0.3 is 0 Å². The first-order valence-corrected chi connectivity index (χ1v) is 4.60. The van der Waals surface area contributed by atoms with E-state index in [4.69, 9.17) is 0 Å². The average Bonchev–Trinajstić information content (AvgIpc) is 2.37. The molecule has 0 aromatic carbocycles. The fourth-order valence-corrected chi connectivity index (χ4v) is 1.20. The number of hydrogen-bond acceptors (Lipinski definition) is 2. The fraction of sp³-hybridized carbons (Fsp3) is 0.778. The summed E-state index contributed by atoms with van der Waals surface area (Å²) in [5.41, 5.74) is 0. The predicted molar refractivity (Wildman–Crippen MR) is 48.9 cm³/mol. The number of aromatic nitrogens is 3. The first-order chi connectivity index (χ1) is 5.74. The predicted octanol–water partition coefficient (Wildman–Crippen LogP) is 1.89. The summed E-state index contributed by atoms with van der Waals surface area (Å²) in [4.78, 5) is 4.21. The van der Waals surface area contributed by atoms with Crippen LogP contribution in [0.25, 0.3) is 0 Å². The summed E-state index contributed by atoms with van der Waals surface area (Å²) >= 11 is 0. The summed E-state index contributed by atoms with van der Waals surface area (Å²) in [5.74, 6) is 1.76. The molecule has 0 N–H and O–H groups in total. The molecule has 1 heterocycles. The molecule has 12 heavy (non-hydrogen) atoms. The zero-order chi connectivity index (χ0) is 8.97. The monoisotopic (exact) mass is 167 g/mol. The summed E-state index contributed by atoms with van der Waals surface area (Å²) in [6.45, 7) is 7.53. The number of nitrogens with zero attached hydrogens (tertiary/aromatic N) is 3. The lowest BCUT2D eigenvalue weighted by molar-refractivity contribution is 0.465. The number of aryl methyl sites for hydroxylation is 1. The largest absolute Gasteiger partial charge is 0.250 e. The second kappa shape index (κ2) is 4.24. The van der Waals surface area contributed by atoms with Crippen LogP contribution in [0.3, 0.4) is 0 Å². The van der Waals surface area contributed by atoms with Crippen molar-refractivity contribution >= 4 is 0 Å². The fourth-order valence-electron chi connectivity index (χ4n) is 1.20. The van der Waals surface area contributed by atoms with E-state index in [-0.39, 0.29) is 0 Å². The van der Waals surface area contributed by atoms with Gasteiger partial charge in [0.15, 0.2) is 0 Å². The van der Waals surface area contributed by atoms with Crippen LogP contribution in [0.5, 0.6) is 0 Å². The Hall–Kier alpha value is -0.860. The SMILES string of the molecule is CCCc1ncnn1CC(C)C. The van der Waals surface area contributed by atoms with Crippen LogP contribution in [0, 0.1) is 5.92 Å². The van der Waals surface area contributed by atoms with Gasteiger partial charge in [-0.1, -0.05) is 20.8 Å². The van der Waals surface area contributed by atoms with Gasteiger partial charge in [0.25, 0.3) is 0 Å². The van der Waals surface area contributed by atoms with Crippen LogP contribution in [0.15, 0.2) is 6.33 Å². The van der Waals surface area contributed by atoms with Crippen molar-refractivity contribution in [2.24, 2.45) is 5.92 Å². The van der Waals surface area contributed by atoms with E-state index in [1.807, 2.05) is 4.68 Å². The molecule has 0 fully saturated rings. The van der Waals surface area contributed by atoms with E-state index in [1.54, 1.807) is 6.33 Å². The molecule has 0 aliphatic rings. The Kier molecular flexibility index (Phi) is 3.26. The molecule has 1 aromatic rings. The van der Waals surface area contributed by atoms with E-state index in [0.717, 1.165) is 25.2 Å². The molecule has 0 radical (unpaired) electrons. The van der Waals surface area contributed by atoms with E-state index in [9.17, 15) is 0 Å². The van der Waals surface area contributed by atoms with Crippen molar-refractivity contribution in [1.29, 1.82) is 0 Å². The third kappa shape index (κ3) is 2.32. The molecule has 0 amide bonds. The first-order valence-electron chi connectivity index (χ1n) is 4.60. The van der Waals surface area contributed by atoms with E-state index in [1.165, 1.54) is 0 Å². The molecule has 1 aromatic heterocycles. The maximum absolute atomic E-state index is 4.21. The van der Waals surface area contributed by atoms with Gasteiger partial charge in [-0.25, -0.2) is 9.67 Å². The van der Waals surface area contributed by atoms with Gasteiger partial charge in [0, 0.05) is 13.0 Å². The Morgan fingerprint density at radius 1 is 1.50 bits per heavy atom. The van der Waals surface area contributed by atoms with Gasteiger partial charge in [-0.2, -0.15) is 5.10 Å². The molecule has 0 saturated heterocycles. The summed E-state index contributed by atoms with van der Waals surface area (Å²) in [6.07, 6.45) is 3.82. The molecule has 0 atom stereocenters. The normalized spacial score (nSPS) is 11.0. The van der Waals surface area contributed by atoms with E-state index < -0.39 is 0 Å². The van der Waals surface area contributed by atoms with E-state index >= 15 is 0 Å². The Balaban J connectivity index is 2.63. The van der Waals surface area contributed by atoms with Gasteiger partial charge in [-0.05, 0) is 12.3 Å². The van der Waals surface area contributed by atoms with Gasteiger partial charge in [0.2, 0.25) is 0 Å². The average molecular weight is 167 g/mol. The van der Waals surface area contributed by atoms with Gasteiger partial charge in [-0.3, -0.25) is 0 Å². The lowest BCUT2D eigenvalue weighted by Gasteiger charge is -2.07. The summed E-state index contributed by atoms with van der Waals surface area (Å²) in [5, 5.41) is 4.18. The van der Waals surface area contributed by atoms with Crippen LogP contribution in [0.1, 0.15) is 33.0 Å². The molecule has 0 spiro atoms. The van der Waals surface area contributed by atoms with Crippen molar-refractivity contribution in [2.45, 2.75) is 40.2 Å². The molecule has 0 unspecified atom stereocenters. The molecular formula is C9H17N3. The minimum atomic E-state index is 0.641. The van der Waals surface area contributed by atoms with Crippen LogP contribution >= 0.6 is 0 Å². The maximum atomic E-state index is 4.21. The second-order valence-corrected chi connectivity index (χ2v) is 3.50. The lowest BCUT2D eigenvalue weighted by Crippen LogP contribution is -2.10. The van der Waals surface area contributed by atoms with E-state index in [0.29, 0.717) is 5.92 Å². The zero-order valence-corrected chi connectivity index (χ0v) is 8.12. The Bertz CT molecular complexity index is 227. The minimum absolute atomic E-state index is 0.641. The smallest absolute Gasteiger partial charge is 0.138 e. The van der Waals surface area contributed by atoms with Crippen molar-refractivity contribution in [3.05, 3.63) is 12.2 Å². The summed E-state index contributed by atoms with van der Waals surface area (Å²) in [6, 6.07) is 0. The van der Waals surface area contributed by atoms with Gasteiger partial charge < -0.3 is 0 Å². The summed E-state index contributed by atoms with van der Waals surface area (Å²) in [7, 11) is 0. The van der Waals surface area contributed by atoms with Crippen LogP contribution < -0.4 is 0 Å². The van der Waals surface area contributed by atoms with Crippen LogP contribution in [0.2, 0.25) is 0 Å². The molecule has 0 bridgehead atoms. The zero-order valence-electron chi connectivity index (χ0n) is 8.12. The maximum Gasteiger partial charge on any atom is 0.138 e. The molecule has 1 rings (SSSR count). The Morgan fingerprint density at radius 2 is 2.25 bits per heavy atom. The molecule has 68 valence electrons. The van der Waals surface area contributed by atoms with E-state index in [2.05, 4.69) is 30.9 Å². The minimum Gasteiger partial charge on any atom is -0.250 e. The van der Waals surface area contributed by atoms with Crippen molar-refractivity contribution in [2.75, 3.05) is 0 Å². The third-order valence-electron chi connectivity index (χ3n) is 1.71. The molecular weight excluding hydrogens is 150 g/mol. The van der Waals surface area contributed by atoms with Crippen LogP contribution in [-0.4, -0.2) is 14.8 Å². The lowest BCUT2D eigenvalue weighted by atomic mass is 10.2. The molecule has 0 aliphatic carbocycles. The highest BCUT2D eigenvalue weighted by molar-refractivity contribution is 4.84. The van der Waals surface area contributed by atoms with Gasteiger partial charge in [-0.15, -0.1) is 0 Å². The van der Waals surface area contributed by atoms with Gasteiger partial charge in [0.05, 0.1) is 0 Å². The van der Waals surface area contributed by atoms with Crippen molar-refractivity contribution in [3.8, 4) is 0 Å². The molecule has 0 aliphatic heterocycles. The van der Waals surface area contributed by atoms with Crippen molar-refractivity contribution in [3.63, 3.8) is 0 Å². The highest BCUT2D eigenvalue weighted by Gasteiger charge is 2.03. The van der Waals surface area contributed by atoms with Crippen LogP contribution in [0.4, 0.5) is 0 Å². The first kappa shape index (κ1) is 9.23. The quantitative estimate of drug-likeness (QED) is 0.685. The topological polar surface area (TPSA) is 30.7 Å². The van der Waals surface area contributed by atoms with Gasteiger partial charge in [0.1, 0.15) is 12.2 Å². The molecule has 0 saturated carbocycles. The summed E-state index contributed by atoms with van der Waals surface area (Å²) < 4.78 is 2.01.